The largest absolute Gasteiger partial charge is 0.352 e. The van der Waals surface area contributed by atoms with E-state index in [1.807, 2.05) is 32.3 Å². The molecule has 0 bridgehead atoms. The Kier molecular flexibility index (Phi) is 5.76. The van der Waals surface area contributed by atoms with Crippen molar-refractivity contribution < 1.29 is 4.79 Å². The molecule has 3 atom stereocenters. The van der Waals surface area contributed by atoms with E-state index < -0.39 is 0 Å². The first-order chi connectivity index (χ1) is 10.0. The van der Waals surface area contributed by atoms with Crippen molar-refractivity contribution in [3.8, 4) is 0 Å². The van der Waals surface area contributed by atoms with Crippen molar-refractivity contribution in [1.29, 1.82) is 0 Å². The molecule has 1 amide bonds. The predicted octanol–water partition coefficient (Wildman–Crippen LogP) is 1.40. The third-order valence-electron chi connectivity index (χ3n) is 4.10. The highest BCUT2D eigenvalue weighted by Gasteiger charge is 2.29. The van der Waals surface area contributed by atoms with Crippen LogP contribution in [0.2, 0.25) is 0 Å². The number of nitrogens with two attached hydrogens (primary N) is 1. The Morgan fingerprint density at radius 2 is 2.05 bits per heavy atom. The molecule has 2 rings (SSSR count). The lowest BCUT2D eigenvalue weighted by molar-refractivity contribution is -0.125. The zero-order chi connectivity index (χ0) is 15.2. The molecule has 1 fully saturated rings. The van der Waals surface area contributed by atoms with Gasteiger partial charge >= 0.3 is 0 Å². The molecule has 1 saturated carbocycles. The second-order valence-corrected chi connectivity index (χ2v) is 6.43. The van der Waals surface area contributed by atoms with Gasteiger partial charge in [-0.2, -0.15) is 0 Å². The fourth-order valence-corrected chi connectivity index (χ4v) is 3.07. The molecule has 0 aromatic heterocycles. The molecule has 0 heterocycles. The monoisotopic (exact) mass is 289 g/mol. The van der Waals surface area contributed by atoms with Crippen LogP contribution in [0, 0.1) is 5.92 Å². The molecule has 0 spiro atoms. The molecule has 3 N–H and O–H groups in total. The summed E-state index contributed by atoms with van der Waals surface area (Å²) in [5.41, 5.74) is 7.17. The van der Waals surface area contributed by atoms with Gasteiger partial charge in [-0.1, -0.05) is 30.3 Å². The van der Waals surface area contributed by atoms with E-state index in [1.54, 1.807) is 0 Å². The van der Waals surface area contributed by atoms with Gasteiger partial charge in [-0.25, -0.2) is 0 Å². The molecule has 1 aliphatic carbocycles. The lowest BCUT2D eigenvalue weighted by atomic mass is 10.0. The van der Waals surface area contributed by atoms with Crippen LogP contribution in [0.15, 0.2) is 30.3 Å². The summed E-state index contributed by atoms with van der Waals surface area (Å²) in [6.45, 7) is 0.847. The first-order valence-corrected chi connectivity index (χ1v) is 7.79. The Morgan fingerprint density at radius 1 is 1.33 bits per heavy atom. The highest BCUT2D eigenvalue weighted by molar-refractivity contribution is 5.79. The summed E-state index contributed by atoms with van der Waals surface area (Å²) in [6.07, 6.45) is 3.58. The maximum Gasteiger partial charge on any atom is 0.223 e. The predicted molar refractivity (Wildman–Crippen MR) is 85.9 cm³/mol. The summed E-state index contributed by atoms with van der Waals surface area (Å²) in [5.74, 6) is 0.270. The van der Waals surface area contributed by atoms with Crippen molar-refractivity contribution >= 4 is 5.91 Å². The second kappa shape index (κ2) is 7.57. The minimum Gasteiger partial charge on any atom is -0.352 e. The number of hydrogen-bond acceptors (Lipinski definition) is 3. The van der Waals surface area contributed by atoms with Crippen LogP contribution in [-0.2, 0) is 11.2 Å². The minimum atomic E-state index is 0.0976. The van der Waals surface area contributed by atoms with Crippen LogP contribution in [0.1, 0.15) is 24.8 Å². The SMILES string of the molecule is CN(C)CC(Cc1ccccc1)NC(=O)C1CCC(N)C1. The summed E-state index contributed by atoms with van der Waals surface area (Å²) in [6, 6.07) is 10.7. The van der Waals surface area contributed by atoms with Gasteiger partial charge in [0.05, 0.1) is 0 Å². The summed E-state index contributed by atoms with van der Waals surface area (Å²) in [5, 5.41) is 3.22. The standard InChI is InChI=1S/C17H27N3O/c1-20(2)12-16(10-13-6-4-3-5-7-13)19-17(21)14-8-9-15(18)11-14/h3-7,14-16H,8-12,18H2,1-2H3,(H,19,21). The van der Waals surface area contributed by atoms with Gasteiger partial charge in [0, 0.05) is 24.5 Å². The van der Waals surface area contributed by atoms with E-state index in [0.717, 1.165) is 32.2 Å². The van der Waals surface area contributed by atoms with Gasteiger partial charge in [0.2, 0.25) is 5.91 Å². The van der Waals surface area contributed by atoms with Crippen molar-refractivity contribution in [2.75, 3.05) is 20.6 Å². The molecular formula is C17H27N3O. The van der Waals surface area contributed by atoms with E-state index in [0.29, 0.717) is 0 Å². The number of rotatable bonds is 6. The molecule has 4 nitrogen and oxygen atoms in total. The van der Waals surface area contributed by atoms with E-state index in [2.05, 4.69) is 22.3 Å². The number of carbonyl (C=O) groups is 1. The highest BCUT2D eigenvalue weighted by atomic mass is 16.2. The van der Waals surface area contributed by atoms with Crippen LogP contribution < -0.4 is 11.1 Å². The number of nitrogens with zero attached hydrogens (tertiary/aromatic N) is 1. The van der Waals surface area contributed by atoms with Gasteiger partial charge in [0.1, 0.15) is 0 Å². The number of carbonyl (C=O) groups excluding carboxylic acids is 1. The van der Waals surface area contributed by atoms with Gasteiger partial charge < -0.3 is 16.0 Å². The quantitative estimate of drug-likeness (QED) is 0.832. The van der Waals surface area contributed by atoms with Gasteiger partial charge in [-0.05, 0) is 45.3 Å². The maximum absolute atomic E-state index is 12.4. The van der Waals surface area contributed by atoms with E-state index in [1.165, 1.54) is 5.56 Å². The third kappa shape index (κ3) is 5.14. The second-order valence-electron chi connectivity index (χ2n) is 6.43. The Labute approximate surface area is 127 Å². The first kappa shape index (κ1) is 16.0. The number of nitrogens with one attached hydrogen (secondary N) is 1. The Morgan fingerprint density at radius 3 is 2.62 bits per heavy atom. The fourth-order valence-electron chi connectivity index (χ4n) is 3.07. The number of benzene rings is 1. The molecule has 3 unspecified atom stereocenters. The van der Waals surface area contributed by atoms with Crippen molar-refractivity contribution in [2.45, 2.75) is 37.8 Å². The molecule has 116 valence electrons. The van der Waals surface area contributed by atoms with Gasteiger partial charge in [0.15, 0.2) is 0 Å². The van der Waals surface area contributed by atoms with Crippen molar-refractivity contribution in [2.24, 2.45) is 11.7 Å². The van der Waals surface area contributed by atoms with Gasteiger partial charge in [-0.3, -0.25) is 4.79 Å². The summed E-state index contributed by atoms with van der Waals surface area (Å²) >= 11 is 0. The van der Waals surface area contributed by atoms with Crippen LogP contribution >= 0.6 is 0 Å². The van der Waals surface area contributed by atoms with E-state index in [4.69, 9.17) is 5.73 Å². The topological polar surface area (TPSA) is 58.4 Å². The Bertz CT molecular complexity index is 447. The summed E-state index contributed by atoms with van der Waals surface area (Å²) in [4.78, 5) is 14.5. The van der Waals surface area contributed by atoms with Crippen LogP contribution in [0.5, 0.6) is 0 Å². The number of amides is 1. The molecule has 0 radical (unpaired) electrons. The molecule has 21 heavy (non-hydrogen) atoms. The number of likely N-dealkylation sites (N-methyl/N-ethyl adjacent to an activating group) is 1. The first-order valence-electron chi connectivity index (χ1n) is 7.79. The van der Waals surface area contributed by atoms with Crippen molar-refractivity contribution in [1.82, 2.24) is 10.2 Å². The Balaban J connectivity index is 1.94. The van der Waals surface area contributed by atoms with Gasteiger partial charge in [-0.15, -0.1) is 0 Å². The number of hydrogen-bond donors (Lipinski definition) is 2. The zero-order valence-corrected chi connectivity index (χ0v) is 13.1. The van der Waals surface area contributed by atoms with Crippen LogP contribution in [0.4, 0.5) is 0 Å². The van der Waals surface area contributed by atoms with Crippen LogP contribution in [0.3, 0.4) is 0 Å². The van der Waals surface area contributed by atoms with Gasteiger partial charge in [0.25, 0.3) is 0 Å². The fraction of sp³-hybridized carbons (Fsp3) is 0.588. The molecule has 0 aliphatic heterocycles. The Hall–Kier alpha value is -1.39. The molecule has 1 aliphatic rings. The van der Waals surface area contributed by atoms with E-state index in [-0.39, 0.29) is 23.9 Å². The third-order valence-corrected chi connectivity index (χ3v) is 4.10. The smallest absolute Gasteiger partial charge is 0.223 e. The highest BCUT2D eigenvalue weighted by Crippen LogP contribution is 2.24. The molecule has 1 aromatic carbocycles. The maximum atomic E-state index is 12.4. The minimum absolute atomic E-state index is 0.0976. The van der Waals surface area contributed by atoms with Crippen LogP contribution in [-0.4, -0.2) is 43.5 Å². The van der Waals surface area contributed by atoms with Crippen LogP contribution in [0.25, 0.3) is 0 Å². The molecule has 4 heteroatoms. The van der Waals surface area contributed by atoms with E-state index >= 15 is 0 Å². The van der Waals surface area contributed by atoms with Crippen molar-refractivity contribution in [3.63, 3.8) is 0 Å². The summed E-state index contributed by atoms with van der Waals surface area (Å²) < 4.78 is 0. The normalized spacial score (nSPS) is 23.2. The van der Waals surface area contributed by atoms with E-state index in [9.17, 15) is 4.79 Å². The molecule has 0 saturated heterocycles. The average Bonchev–Trinajstić information content (AvgIpc) is 2.86. The lowest BCUT2D eigenvalue weighted by Gasteiger charge is -2.24. The summed E-state index contributed by atoms with van der Waals surface area (Å²) in [7, 11) is 4.07. The lowest BCUT2D eigenvalue weighted by Crippen LogP contribution is -2.45. The molecular weight excluding hydrogens is 262 g/mol. The van der Waals surface area contributed by atoms with Crippen molar-refractivity contribution in [3.05, 3.63) is 35.9 Å². The zero-order valence-electron chi connectivity index (χ0n) is 13.1. The average molecular weight is 289 g/mol. The molecule has 1 aromatic rings.